The van der Waals surface area contributed by atoms with E-state index in [4.69, 9.17) is 0 Å². The van der Waals surface area contributed by atoms with Crippen LogP contribution in [0.5, 0.6) is 0 Å². The van der Waals surface area contributed by atoms with Crippen LogP contribution in [0.2, 0.25) is 0 Å². The number of amides is 1. The molecule has 0 spiro atoms. The second-order valence-corrected chi connectivity index (χ2v) is 6.91. The maximum atomic E-state index is 11.5. The number of β-lactam (4-membered cyclic amide) rings is 1. The Hall–Kier alpha value is 0.430. The Kier molecular flexibility index (Phi) is 2.09. The molecule has 2 fully saturated rings. The van der Waals surface area contributed by atoms with Gasteiger partial charge in [-0.1, -0.05) is 31.9 Å². The minimum atomic E-state index is -0.161. The van der Waals surface area contributed by atoms with Crippen molar-refractivity contribution >= 4 is 37.8 Å². The number of nitrogens with one attached hydrogen (secondary N) is 1. The standard InChI is InChI=1S/C9H13Br2NO/c1-8-3-5(10)6(11)4-9(8,2)12-7(8)13/h5-6H,3-4H2,1-2H3,(H,12,13)/t5-,6-,8+,9+/m1/s1. The Labute approximate surface area is 95.1 Å². The van der Waals surface area contributed by atoms with E-state index in [0.29, 0.717) is 9.65 Å². The van der Waals surface area contributed by atoms with E-state index < -0.39 is 0 Å². The zero-order chi connectivity index (χ0) is 9.85. The van der Waals surface area contributed by atoms with Crippen molar-refractivity contribution in [2.45, 2.75) is 41.9 Å². The van der Waals surface area contributed by atoms with E-state index in [9.17, 15) is 4.79 Å². The Morgan fingerprint density at radius 2 is 1.85 bits per heavy atom. The normalized spacial score (nSPS) is 54.9. The van der Waals surface area contributed by atoms with Crippen LogP contribution in [-0.2, 0) is 4.79 Å². The van der Waals surface area contributed by atoms with Crippen LogP contribution in [-0.4, -0.2) is 21.1 Å². The molecule has 13 heavy (non-hydrogen) atoms. The van der Waals surface area contributed by atoms with E-state index >= 15 is 0 Å². The van der Waals surface area contributed by atoms with Gasteiger partial charge in [0.2, 0.25) is 5.91 Å². The van der Waals surface area contributed by atoms with E-state index in [1.807, 2.05) is 0 Å². The number of carbonyl (C=O) groups excluding carboxylic acids is 1. The van der Waals surface area contributed by atoms with E-state index in [-0.39, 0.29) is 16.9 Å². The number of hydrogen-bond acceptors (Lipinski definition) is 1. The predicted molar refractivity (Wildman–Crippen MR) is 59.3 cm³/mol. The largest absolute Gasteiger partial charge is 0.349 e. The summed E-state index contributed by atoms with van der Waals surface area (Å²) < 4.78 is 0. The first-order chi connectivity index (χ1) is 5.89. The summed E-state index contributed by atoms with van der Waals surface area (Å²) >= 11 is 7.25. The number of rotatable bonds is 0. The molecule has 2 nitrogen and oxygen atoms in total. The van der Waals surface area contributed by atoms with Gasteiger partial charge in [0, 0.05) is 9.65 Å². The van der Waals surface area contributed by atoms with Gasteiger partial charge in [-0.2, -0.15) is 0 Å². The highest BCUT2D eigenvalue weighted by atomic mass is 79.9. The molecule has 2 aliphatic rings. The molecular weight excluding hydrogens is 298 g/mol. The summed E-state index contributed by atoms with van der Waals surface area (Å²) in [5.41, 5.74) is -0.159. The SMILES string of the molecule is C[C@@]12C[C@@H](Br)[C@H](Br)C[C@]1(C)NC2=O. The molecule has 4 heteroatoms. The third-order valence-electron chi connectivity index (χ3n) is 3.71. The van der Waals surface area contributed by atoms with Gasteiger partial charge in [0.25, 0.3) is 0 Å². The van der Waals surface area contributed by atoms with Gasteiger partial charge in [-0.15, -0.1) is 0 Å². The first kappa shape index (κ1) is 9.97. The molecule has 1 aliphatic heterocycles. The lowest BCUT2D eigenvalue weighted by Crippen LogP contribution is -2.77. The number of hydrogen-bond donors (Lipinski definition) is 1. The van der Waals surface area contributed by atoms with Gasteiger partial charge < -0.3 is 5.32 Å². The summed E-state index contributed by atoms with van der Waals surface area (Å²) in [6.07, 6.45) is 1.93. The van der Waals surface area contributed by atoms with Crippen LogP contribution in [0.15, 0.2) is 0 Å². The quantitative estimate of drug-likeness (QED) is 0.539. The van der Waals surface area contributed by atoms with E-state index in [2.05, 4.69) is 51.0 Å². The molecule has 0 aromatic carbocycles. The highest BCUT2D eigenvalue weighted by Crippen LogP contribution is 2.53. The minimum Gasteiger partial charge on any atom is -0.349 e. The van der Waals surface area contributed by atoms with Crippen molar-refractivity contribution in [2.24, 2.45) is 5.41 Å². The molecule has 0 bridgehead atoms. The summed E-state index contributed by atoms with van der Waals surface area (Å²) in [6, 6.07) is 0. The Balaban J connectivity index is 2.27. The molecule has 2 rings (SSSR count). The number of carbonyl (C=O) groups is 1. The van der Waals surface area contributed by atoms with Crippen LogP contribution < -0.4 is 5.32 Å². The summed E-state index contributed by atoms with van der Waals surface area (Å²) in [7, 11) is 0. The van der Waals surface area contributed by atoms with Gasteiger partial charge >= 0.3 is 0 Å². The lowest BCUT2D eigenvalue weighted by molar-refractivity contribution is -0.157. The number of alkyl halides is 2. The Morgan fingerprint density at radius 1 is 1.31 bits per heavy atom. The number of halogens is 2. The van der Waals surface area contributed by atoms with Gasteiger partial charge in [0.05, 0.1) is 11.0 Å². The smallest absolute Gasteiger partial charge is 0.228 e. The van der Waals surface area contributed by atoms with Gasteiger partial charge in [0.15, 0.2) is 0 Å². The van der Waals surface area contributed by atoms with E-state index in [0.717, 1.165) is 12.8 Å². The topological polar surface area (TPSA) is 29.1 Å². The first-order valence-electron chi connectivity index (χ1n) is 4.50. The fourth-order valence-electron chi connectivity index (χ4n) is 2.34. The van der Waals surface area contributed by atoms with Crippen molar-refractivity contribution in [2.75, 3.05) is 0 Å². The molecule has 1 saturated heterocycles. The van der Waals surface area contributed by atoms with Crippen LogP contribution in [0.25, 0.3) is 0 Å². The van der Waals surface area contributed by atoms with Gasteiger partial charge in [0.1, 0.15) is 0 Å². The van der Waals surface area contributed by atoms with Crippen LogP contribution in [0.1, 0.15) is 26.7 Å². The van der Waals surface area contributed by atoms with Gasteiger partial charge in [-0.05, 0) is 26.7 Å². The Bertz CT molecular complexity index is 270. The molecule has 1 aliphatic carbocycles. The molecule has 1 amide bonds. The van der Waals surface area contributed by atoms with Crippen LogP contribution in [0.3, 0.4) is 0 Å². The molecule has 0 aromatic heterocycles. The summed E-state index contributed by atoms with van der Waals surface area (Å²) in [5, 5.41) is 3.02. The van der Waals surface area contributed by atoms with Crippen LogP contribution in [0.4, 0.5) is 0 Å². The highest BCUT2D eigenvalue weighted by molar-refractivity contribution is 9.12. The van der Waals surface area contributed by atoms with Gasteiger partial charge in [-0.25, -0.2) is 0 Å². The average molecular weight is 311 g/mol. The third kappa shape index (κ3) is 1.14. The van der Waals surface area contributed by atoms with E-state index in [1.165, 1.54) is 0 Å². The molecule has 0 unspecified atom stereocenters. The van der Waals surface area contributed by atoms with Crippen molar-refractivity contribution in [3.05, 3.63) is 0 Å². The molecule has 1 N–H and O–H groups in total. The Morgan fingerprint density at radius 3 is 2.38 bits per heavy atom. The fourth-order valence-corrected chi connectivity index (χ4v) is 4.01. The lowest BCUT2D eigenvalue weighted by Gasteiger charge is -2.60. The summed E-state index contributed by atoms with van der Waals surface area (Å²) in [4.78, 5) is 12.4. The number of fused-ring (bicyclic) bond motifs is 1. The van der Waals surface area contributed by atoms with Crippen molar-refractivity contribution in [1.82, 2.24) is 5.32 Å². The monoisotopic (exact) mass is 309 g/mol. The van der Waals surface area contributed by atoms with Crippen molar-refractivity contribution in [3.63, 3.8) is 0 Å². The molecule has 1 saturated carbocycles. The zero-order valence-electron chi connectivity index (χ0n) is 7.73. The third-order valence-corrected chi connectivity index (χ3v) is 6.34. The second-order valence-electron chi connectivity index (χ2n) is 4.56. The van der Waals surface area contributed by atoms with Crippen molar-refractivity contribution in [1.29, 1.82) is 0 Å². The fraction of sp³-hybridized carbons (Fsp3) is 0.889. The average Bonchev–Trinajstić information content (AvgIpc) is 2.01. The minimum absolute atomic E-state index is 0.00250. The maximum absolute atomic E-state index is 11.5. The molecule has 4 atom stereocenters. The first-order valence-corrected chi connectivity index (χ1v) is 6.33. The predicted octanol–water partition coefficient (Wildman–Crippen LogP) is 2.20. The molecule has 1 heterocycles. The van der Waals surface area contributed by atoms with Gasteiger partial charge in [-0.3, -0.25) is 4.79 Å². The van der Waals surface area contributed by atoms with Crippen molar-refractivity contribution in [3.8, 4) is 0 Å². The second kappa shape index (κ2) is 2.72. The molecule has 0 radical (unpaired) electrons. The highest BCUT2D eigenvalue weighted by Gasteiger charge is 2.63. The van der Waals surface area contributed by atoms with Crippen molar-refractivity contribution < 1.29 is 4.79 Å². The summed E-state index contributed by atoms with van der Waals surface area (Å²) in [5.74, 6) is 0.207. The molecule has 0 aromatic rings. The zero-order valence-corrected chi connectivity index (χ0v) is 10.9. The van der Waals surface area contributed by atoms with Crippen LogP contribution in [0, 0.1) is 5.41 Å². The lowest BCUT2D eigenvalue weighted by atomic mass is 9.56. The van der Waals surface area contributed by atoms with Crippen LogP contribution >= 0.6 is 31.9 Å². The maximum Gasteiger partial charge on any atom is 0.228 e. The molecule has 74 valence electrons. The molecular formula is C9H13Br2NO. The van der Waals surface area contributed by atoms with E-state index in [1.54, 1.807) is 0 Å². The summed E-state index contributed by atoms with van der Waals surface area (Å²) in [6.45, 7) is 4.21.